The standard InChI is InChI=1S/C46H45N3O7Si/c1-29-43(57(2,3)54)41(25-42(51)47-27-32-13-5-4-12-31(32)24-34(47)28-50)56-46(29)36-15-7-8-16-37(36)48(45(46)53)26-30-20-22-33(23-21-30)49-38-17-9-11-19-40(38)55-39-18-10-6-14-35(39)44(49)52/h4-23,29,34,41,43,50,54H,24-28H2,1-3H3/t29-,34-,41+,43-,46+/m0/s1. The van der Waals surface area contributed by atoms with Crippen molar-refractivity contribution in [3.63, 3.8) is 0 Å². The summed E-state index contributed by atoms with van der Waals surface area (Å²) >= 11 is 0. The molecule has 4 aliphatic heterocycles. The SMILES string of the molecule is C[C@H]1[C@H]([Si](C)(C)O)[C@@H](CC(=O)N2Cc3ccccc3C[C@H]2CO)O[C@]12C(=O)N(Cc1ccc(N3C(=O)c4ccccc4Oc4ccccc43)cc1)c1ccccc12. The van der Waals surface area contributed by atoms with Gasteiger partial charge in [0.25, 0.3) is 11.8 Å². The minimum atomic E-state index is -3.03. The molecule has 0 saturated carbocycles. The van der Waals surface area contributed by atoms with Gasteiger partial charge in [-0.05, 0) is 78.7 Å². The molecule has 5 aromatic carbocycles. The van der Waals surface area contributed by atoms with Crippen LogP contribution in [0.2, 0.25) is 18.6 Å². The number of aliphatic hydroxyl groups is 1. The second kappa shape index (κ2) is 14.1. The molecular formula is C46H45N3O7Si. The molecule has 290 valence electrons. The number of carbonyl (C=O) groups is 3. The molecule has 5 atom stereocenters. The van der Waals surface area contributed by atoms with Crippen molar-refractivity contribution < 1.29 is 33.8 Å². The van der Waals surface area contributed by atoms with Gasteiger partial charge in [0.05, 0.1) is 48.7 Å². The zero-order chi connectivity index (χ0) is 39.6. The van der Waals surface area contributed by atoms with E-state index in [0.29, 0.717) is 41.4 Å². The number of aliphatic hydroxyl groups excluding tert-OH is 1. The lowest BCUT2D eigenvalue weighted by atomic mass is 9.82. The normalized spacial score (nSPS) is 23.8. The Kier molecular flexibility index (Phi) is 9.16. The van der Waals surface area contributed by atoms with E-state index in [1.165, 1.54) is 0 Å². The summed E-state index contributed by atoms with van der Waals surface area (Å²) in [5.41, 5.74) is 4.36. The Morgan fingerprint density at radius 3 is 2.21 bits per heavy atom. The van der Waals surface area contributed by atoms with Crippen LogP contribution in [0, 0.1) is 5.92 Å². The summed E-state index contributed by atoms with van der Waals surface area (Å²) < 4.78 is 13.2. The molecule has 0 radical (unpaired) electrons. The summed E-state index contributed by atoms with van der Waals surface area (Å²) in [5.74, 6) is 0.0118. The Morgan fingerprint density at radius 2 is 1.47 bits per heavy atom. The molecular weight excluding hydrogens is 735 g/mol. The second-order valence-corrected chi connectivity index (χ2v) is 20.2. The van der Waals surface area contributed by atoms with Crippen LogP contribution in [0.25, 0.3) is 0 Å². The first-order valence-electron chi connectivity index (χ1n) is 19.6. The van der Waals surface area contributed by atoms with Gasteiger partial charge in [-0.15, -0.1) is 0 Å². The van der Waals surface area contributed by atoms with Crippen LogP contribution in [0.15, 0.2) is 121 Å². The van der Waals surface area contributed by atoms with Gasteiger partial charge in [0.1, 0.15) is 5.75 Å². The molecule has 1 spiro atoms. The lowest BCUT2D eigenvalue weighted by Crippen LogP contribution is -2.48. The van der Waals surface area contributed by atoms with Crippen LogP contribution in [-0.4, -0.2) is 59.6 Å². The highest BCUT2D eigenvalue weighted by atomic mass is 28.4. The second-order valence-electron chi connectivity index (χ2n) is 16.2. The van der Waals surface area contributed by atoms with E-state index in [9.17, 15) is 19.5 Å². The molecule has 0 aromatic heterocycles. The maximum absolute atomic E-state index is 15.0. The number of ether oxygens (including phenoxy) is 2. The molecule has 11 heteroatoms. The number of carbonyl (C=O) groups excluding carboxylic acids is 3. The monoisotopic (exact) mass is 779 g/mol. The Labute approximate surface area is 333 Å². The fourth-order valence-corrected chi connectivity index (χ4v) is 12.3. The van der Waals surface area contributed by atoms with Crippen LogP contribution in [-0.2, 0) is 39.4 Å². The molecule has 1 fully saturated rings. The van der Waals surface area contributed by atoms with Gasteiger partial charge in [-0.1, -0.05) is 85.8 Å². The van der Waals surface area contributed by atoms with Gasteiger partial charge in [-0.25, -0.2) is 0 Å². The summed E-state index contributed by atoms with van der Waals surface area (Å²) in [6, 6.07) is 37.5. The first-order chi connectivity index (χ1) is 27.5. The minimum absolute atomic E-state index is 0.0167. The fourth-order valence-electron chi connectivity index (χ4n) is 9.72. The van der Waals surface area contributed by atoms with E-state index in [2.05, 4.69) is 0 Å². The van der Waals surface area contributed by atoms with Gasteiger partial charge in [-0.3, -0.25) is 19.3 Å². The highest BCUT2D eigenvalue weighted by Crippen LogP contribution is 2.60. The number of para-hydroxylation sites is 4. The van der Waals surface area contributed by atoms with E-state index >= 15 is 4.79 Å². The molecule has 9 rings (SSSR count). The number of anilines is 3. The van der Waals surface area contributed by atoms with Crippen molar-refractivity contribution >= 4 is 43.1 Å². The molecule has 0 bridgehead atoms. The van der Waals surface area contributed by atoms with Crippen molar-refractivity contribution in [2.24, 2.45) is 5.92 Å². The van der Waals surface area contributed by atoms with Crippen molar-refractivity contribution in [1.82, 2.24) is 4.90 Å². The van der Waals surface area contributed by atoms with E-state index in [1.807, 2.05) is 129 Å². The lowest BCUT2D eigenvalue weighted by molar-refractivity contribution is -0.151. The number of hydrogen-bond donors (Lipinski definition) is 2. The molecule has 5 aromatic rings. The third-order valence-electron chi connectivity index (χ3n) is 12.3. The molecule has 1 saturated heterocycles. The van der Waals surface area contributed by atoms with Crippen molar-refractivity contribution in [3.8, 4) is 11.5 Å². The van der Waals surface area contributed by atoms with Crippen molar-refractivity contribution in [3.05, 3.63) is 149 Å². The highest BCUT2D eigenvalue weighted by molar-refractivity contribution is 6.71. The van der Waals surface area contributed by atoms with Crippen LogP contribution >= 0.6 is 0 Å². The smallest absolute Gasteiger partial charge is 0.266 e. The largest absolute Gasteiger partial charge is 0.454 e. The summed E-state index contributed by atoms with van der Waals surface area (Å²) in [4.78, 5) is 60.2. The Morgan fingerprint density at radius 1 is 0.825 bits per heavy atom. The first kappa shape index (κ1) is 37.0. The summed E-state index contributed by atoms with van der Waals surface area (Å²) in [7, 11) is -3.03. The van der Waals surface area contributed by atoms with E-state index < -0.39 is 31.5 Å². The van der Waals surface area contributed by atoms with Crippen LogP contribution in [0.5, 0.6) is 11.5 Å². The van der Waals surface area contributed by atoms with Gasteiger partial charge in [-0.2, -0.15) is 0 Å². The number of fused-ring (bicyclic) bond motifs is 5. The maximum atomic E-state index is 15.0. The van der Waals surface area contributed by atoms with E-state index in [1.54, 1.807) is 26.8 Å². The molecule has 0 unspecified atom stereocenters. The van der Waals surface area contributed by atoms with Crippen LogP contribution < -0.4 is 14.5 Å². The quantitative estimate of drug-likeness (QED) is 0.165. The van der Waals surface area contributed by atoms with Crippen molar-refractivity contribution in [2.45, 2.75) is 69.2 Å². The van der Waals surface area contributed by atoms with Crippen LogP contribution in [0.3, 0.4) is 0 Å². The average Bonchev–Trinajstić information content (AvgIpc) is 3.59. The zero-order valence-electron chi connectivity index (χ0n) is 32.2. The van der Waals surface area contributed by atoms with Gasteiger partial charge in [0, 0.05) is 29.3 Å². The topological polar surface area (TPSA) is 120 Å². The molecule has 57 heavy (non-hydrogen) atoms. The minimum Gasteiger partial charge on any atom is -0.454 e. The average molecular weight is 780 g/mol. The third kappa shape index (κ3) is 6.08. The van der Waals surface area contributed by atoms with E-state index in [0.717, 1.165) is 27.9 Å². The molecule has 4 aliphatic rings. The Hall–Kier alpha value is -5.59. The van der Waals surface area contributed by atoms with Gasteiger partial charge >= 0.3 is 0 Å². The lowest BCUT2D eigenvalue weighted by Gasteiger charge is -2.37. The number of rotatable bonds is 7. The fraction of sp³-hybridized carbons (Fsp3) is 0.283. The van der Waals surface area contributed by atoms with E-state index in [4.69, 9.17) is 9.47 Å². The molecule has 3 amide bonds. The molecule has 4 heterocycles. The number of hydrogen-bond acceptors (Lipinski definition) is 7. The summed E-state index contributed by atoms with van der Waals surface area (Å²) in [5, 5.41) is 10.3. The van der Waals surface area contributed by atoms with Crippen LogP contribution in [0.1, 0.15) is 46.0 Å². The molecule has 10 nitrogen and oxygen atoms in total. The van der Waals surface area contributed by atoms with Gasteiger partial charge in [0.2, 0.25) is 5.91 Å². The van der Waals surface area contributed by atoms with Crippen molar-refractivity contribution in [2.75, 3.05) is 16.4 Å². The predicted octanol–water partition coefficient (Wildman–Crippen LogP) is 7.45. The number of benzene rings is 5. The zero-order valence-corrected chi connectivity index (χ0v) is 33.2. The summed E-state index contributed by atoms with van der Waals surface area (Å²) in [6.07, 6.45) is -0.174. The Bertz CT molecular complexity index is 2400. The highest BCUT2D eigenvalue weighted by Gasteiger charge is 2.66. The van der Waals surface area contributed by atoms with Crippen molar-refractivity contribution in [1.29, 1.82) is 0 Å². The number of nitrogens with zero attached hydrogens (tertiary/aromatic N) is 3. The van der Waals surface area contributed by atoms with Crippen LogP contribution in [0.4, 0.5) is 17.1 Å². The first-order valence-corrected chi connectivity index (χ1v) is 22.6. The van der Waals surface area contributed by atoms with Gasteiger partial charge in [0.15, 0.2) is 19.7 Å². The Balaban J connectivity index is 1.01. The number of amides is 3. The third-order valence-corrected chi connectivity index (χ3v) is 14.8. The maximum Gasteiger partial charge on any atom is 0.266 e. The predicted molar refractivity (Wildman–Crippen MR) is 219 cm³/mol. The molecule has 2 N–H and O–H groups in total. The summed E-state index contributed by atoms with van der Waals surface area (Å²) in [6.45, 7) is 6.13. The molecule has 0 aliphatic carbocycles. The van der Waals surface area contributed by atoms with E-state index in [-0.39, 0.29) is 43.3 Å². The van der Waals surface area contributed by atoms with Gasteiger partial charge < -0.3 is 29.2 Å².